The highest BCUT2D eigenvalue weighted by atomic mass is 79.9. The molecule has 0 aliphatic carbocycles. The van der Waals surface area contributed by atoms with E-state index in [4.69, 9.17) is 11.6 Å². The molecule has 1 nitrogen and oxygen atoms in total. The molecular weight excluding hydrogens is 251 g/mol. The molecule has 0 saturated carbocycles. The van der Waals surface area contributed by atoms with Gasteiger partial charge in [0.1, 0.15) is 0 Å². The summed E-state index contributed by atoms with van der Waals surface area (Å²) < 4.78 is 24.7. The average molecular weight is 256 g/mol. The summed E-state index contributed by atoms with van der Waals surface area (Å²) in [5.74, 6) is 0. The molecule has 1 rings (SSSR count). The monoisotopic (exact) mass is 255 g/mol. The van der Waals surface area contributed by atoms with E-state index in [9.17, 15) is 8.78 Å². The molecule has 0 unspecified atom stereocenters. The molecule has 0 aliphatic heterocycles. The molecule has 5 heteroatoms. The van der Waals surface area contributed by atoms with Crippen LogP contribution in [0.5, 0.6) is 0 Å². The van der Waals surface area contributed by atoms with Crippen molar-refractivity contribution in [1.82, 2.24) is 4.98 Å². The highest BCUT2D eigenvalue weighted by molar-refractivity contribution is 9.08. The van der Waals surface area contributed by atoms with Gasteiger partial charge in [0.05, 0.1) is 5.02 Å². The van der Waals surface area contributed by atoms with E-state index in [2.05, 4.69) is 20.9 Å². The first-order chi connectivity index (χ1) is 5.66. The Morgan fingerprint density at radius 3 is 2.58 bits per heavy atom. The number of hydrogen-bond acceptors (Lipinski definition) is 1. The minimum Gasteiger partial charge on any atom is -0.263 e. The van der Waals surface area contributed by atoms with Gasteiger partial charge in [0.2, 0.25) is 0 Å². The lowest BCUT2D eigenvalue weighted by molar-refractivity contribution is 0.150. The molecule has 0 saturated heterocycles. The normalized spacial score (nSPS) is 10.8. The van der Waals surface area contributed by atoms with Crippen LogP contribution >= 0.6 is 27.5 Å². The van der Waals surface area contributed by atoms with Crippen molar-refractivity contribution in [3.63, 3.8) is 0 Å². The zero-order chi connectivity index (χ0) is 9.14. The first-order valence-corrected chi connectivity index (χ1v) is 4.63. The Morgan fingerprint density at radius 2 is 2.17 bits per heavy atom. The van der Waals surface area contributed by atoms with Crippen LogP contribution in [0.4, 0.5) is 8.78 Å². The maximum absolute atomic E-state index is 12.3. The van der Waals surface area contributed by atoms with Gasteiger partial charge < -0.3 is 0 Å². The molecule has 0 aromatic carbocycles. The van der Waals surface area contributed by atoms with Crippen LogP contribution < -0.4 is 0 Å². The van der Waals surface area contributed by atoms with Crippen LogP contribution in [0.3, 0.4) is 0 Å². The van der Waals surface area contributed by atoms with Crippen molar-refractivity contribution in [3.05, 3.63) is 28.5 Å². The van der Waals surface area contributed by atoms with Crippen LogP contribution in [0, 0.1) is 0 Å². The largest absolute Gasteiger partial charge is 0.265 e. The number of hydrogen-bond donors (Lipinski definition) is 0. The SMILES string of the molecule is FC(F)c1c(Cl)cncc1CBr. The molecular formula is C7H5BrClF2N. The zero-order valence-corrected chi connectivity index (χ0v) is 8.24. The number of nitrogens with zero attached hydrogens (tertiary/aromatic N) is 1. The molecule has 0 radical (unpaired) electrons. The third-order valence-corrected chi connectivity index (χ3v) is 2.29. The molecule has 0 fully saturated rings. The molecule has 0 atom stereocenters. The van der Waals surface area contributed by atoms with E-state index in [-0.39, 0.29) is 10.6 Å². The second-order valence-electron chi connectivity index (χ2n) is 2.13. The molecule has 0 bridgehead atoms. The Hall–Kier alpha value is -0.220. The number of alkyl halides is 3. The first kappa shape index (κ1) is 9.86. The number of halogens is 4. The van der Waals surface area contributed by atoms with Crippen molar-refractivity contribution in [2.45, 2.75) is 11.8 Å². The average Bonchev–Trinajstić information content (AvgIpc) is 2.03. The van der Waals surface area contributed by atoms with Gasteiger partial charge in [0.15, 0.2) is 0 Å². The number of pyridine rings is 1. The van der Waals surface area contributed by atoms with Crippen LogP contribution in [-0.4, -0.2) is 4.98 Å². The Kier molecular flexibility index (Phi) is 3.40. The second-order valence-corrected chi connectivity index (χ2v) is 3.10. The van der Waals surface area contributed by atoms with Crippen molar-refractivity contribution in [2.75, 3.05) is 0 Å². The van der Waals surface area contributed by atoms with E-state index in [0.717, 1.165) is 0 Å². The van der Waals surface area contributed by atoms with E-state index in [1.54, 1.807) is 0 Å². The molecule has 1 aromatic rings. The van der Waals surface area contributed by atoms with E-state index in [1.807, 2.05) is 0 Å². The molecule has 0 amide bonds. The Bertz CT molecular complexity index is 280. The molecule has 0 N–H and O–H groups in total. The summed E-state index contributed by atoms with van der Waals surface area (Å²) in [6.45, 7) is 0. The Labute approximate surface area is 81.9 Å². The molecule has 66 valence electrons. The van der Waals surface area contributed by atoms with Crippen molar-refractivity contribution in [2.24, 2.45) is 0 Å². The van der Waals surface area contributed by atoms with Gasteiger partial charge in [-0.3, -0.25) is 4.98 Å². The first-order valence-electron chi connectivity index (χ1n) is 3.13. The lowest BCUT2D eigenvalue weighted by Gasteiger charge is -2.06. The summed E-state index contributed by atoms with van der Waals surface area (Å²) in [5.41, 5.74) is 0.293. The van der Waals surface area contributed by atoms with Gasteiger partial charge in [-0.05, 0) is 5.56 Å². The Morgan fingerprint density at radius 1 is 1.50 bits per heavy atom. The standard InChI is InChI=1S/C7H5BrClF2N/c8-1-4-2-12-3-5(9)6(4)7(10)11/h2-3,7H,1H2. The van der Waals surface area contributed by atoms with Gasteiger partial charge in [-0.15, -0.1) is 0 Å². The molecule has 0 aliphatic rings. The fourth-order valence-corrected chi connectivity index (χ4v) is 1.54. The van der Waals surface area contributed by atoms with Crippen molar-refractivity contribution in [1.29, 1.82) is 0 Å². The Balaban J connectivity index is 3.20. The van der Waals surface area contributed by atoms with Gasteiger partial charge in [0, 0.05) is 23.3 Å². The molecule has 12 heavy (non-hydrogen) atoms. The summed E-state index contributed by atoms with van der Waals surface area (Å²) in [7, 11) is 0. The smallest absolute Gasteiger partial charge is 0.263 e. The third kappa shape index (κ3) is 1.93. The summed E-state index contributed by atoms with van der Waals surface area (Å²) in [4.78, 5) is 3.70. The van der Waals surface area contributed by atoms with Crippen molar-refractivity contribution < 1.29 is 8.78 Å². The summed E-state index contributed by atoms with van der Waals surface area (Å²) >= 11 is 8.62. The van der Waals surface area contributed by atoms with Gasteiger partial charge in [-0.25, -0.2) is 8.78 Å². The van der Waals surface area contributed by atoms with Crippen LogP contribution in [0.2, 0.25) is 5.02 Å². The minimum absolute atomic E-state index is 0.0157. The van der Waals surface area contributed by atoms with Crippen molar-refractivity contribution in [3.8, 4) is 0 Å². The van der Waals surface area contributed by atoms with Crippen molar-refractivity contribution >= 4 is 27.5 Å². The van der Waals surface area contributed by atoms with E-state index in [0.29, 0.717) is 10.9 Å². The van der Waals surface area contributed by atoms with E-state index < -0.39 is 6.43 Å². The zero-order valence-electron chi connectivity index (χ0n) is 5.90. The number of rotatable bonds is 2. The highest BCUT2D eigenvalue weighted by Gasteiger charge is 2.16. The maximum atomic E-state index is 12.3. The fraction of sp³-hybridized carbons (Fsp3) is 0.286. The molecule has 1 aromatic heterocycles. The summed E-state index contributed by atoms with van der Waals surface area (Å²) in [6, 6.07) is 0. The second kappa shape index (κ2) is 4.14. The molecule has 1 heterocycles. The van der Waals surface area contributed by atoms with Gasteiger partial charge in [0.25, 0.3) is 6.43 Å². The quantitative estimate of drug-likeness (QED) is 0.737. The minimum atomic E-state index is -2.55. The van der Waals surface area contributed by atoms with Gasteiger partial charge in [-0.2, -0.15) is 0 Å². The predicted molar refractivity (Wildman–Crippen MR) is 46.8 cm³/mol. The predicted octanol–water partition coefficient (Wildman–Crippen LogP) is 3.57. The highest BCUT2D eigenvalue weighted by Crippen LogP contribution is 2.30. The van der Waals surface area contributed by atoms with E-state index >= 15 is 0 Å². The van der Waals surface area contributed by atoms with E-state index in [1.165, 1.54) is 12.4 Å². The van der Waals surface area contributed by atoms with Crippen LogP contribution in [-0.2, 0) is 5.33 Å². The van der Waals surface area contributed by atoms with Gasteiger partial charge in [-0.1, -0.05) is 27.5 Å². The number of aromatic nitrogens is 1. The van der Waals surface area contributed by atoms with Crippen LogP contribution in [0.25, 0.3) is 0 Å². The topological polar surface area (TPSA) is 12.9 Å². The molecule has 0 spiro atoms. The summed E-state index contributed by atoms with van der Waals surface area (Å²) in [6.07, 6.45) is 0.0465. The maximum Gasteiger partial charge on any atom is 0.265 e. The summed E-state index contributed by atoms with van der Waals surface area (Å²) in [5, 5.41) is 0.349. The van der Waals surface area contributed by atoms with Crippen LogP contribution in [0.1, 0.15) is 17.6 Å². The van der Waals surface area contributed by atoms with Gasteiger partial charge >= 0.3 is 0 Å². The lowest BCUT2D eigenvalue weighted by Crippen LogP contribution is -1.94. The third-order valence-electron chi connectivity index (χ3n) is 1.38. The van der Waals surface area contributed by atoms with Crippen LogP contribution in [0.15, 0.2) is 12.4 Å². The lowest BCUT2D eigenvalue weighted by atomic mass is 10.2. The fourth-order valence-electron chi connectivity index (χ4n) is 0.836.